The van der Waals surface area contributed by atoms with Crippen molar-refractivity contribution in [2.45, 2.75) is 31.7 Å². The zero-order valence-electron chi connectivity index (χ0n) is 9.66. The van der Waals surface area contributed by atoms with Gasteiger partial charge in [0.25, 0.3) is 0 Å². The Bertz CT molecular complexity index is 305. The van der Waals surface area contributed by atoms with E-state index >= 15 is 0 Å². The monoisotopic (exact) mass is 209 g/mol. The van der Waals surface area contributed by atoms with Gasteiger partial charge in [-0.3, -0.25) is 4.90 Å². The normalized spacial score (nSPS) is 19.9. The van der Waals surface area contributed by atoms with E-state index in [1.807, 2.05) is 39.2 Å². The summed E-state index contributed by atoms with van der Waals surface area (Å²) in [5.41, 5.74) is 0.0467. The molecule has 3 heteroatoms. The Kier molecular flexibility index (Phi) is 3.69. The van der Waals surface area contributed by atoms with Crippen LogP contribution in [-0.2, 0) is 4.79 Å². The van der Waals surface area contributed by atoms with E-state index in [2.05, 4.69) is 0 Å². The predicted molar refractivity (Wildman–Crippen MR) is 60.8 cm³/mol. The van der Waals surface area contributed by atoms with E-state index in [0.29, 0.717) is 6.42 Å². The van der Waals surface area contributed by atoms with Crippen molar-refractivity contribution in [1.82, 2.24) is 4.90 Å². The maximum absolute atomic E-state index is 11.5. The van der Waals surface area contributed by atoms with Crippen molar-refractivity contribution in [1.29, 1.82) is 0 Å². The Labute approximate surface area is 91.1 Å². The molecule has 1 unspecified atom stereocenters. The van der Waals surface area contributed by atoms with Crippen LogP contribution in [0, 0.1) is 0 Å². The van der Waals surface area contributed by atoms with Crippen LogP contribution in [0.15, 0.2) is 23.8 Å². The Hall–Kier alpha value is -1.09. The maximum atomic E-state index is 11.5. The second-order valence-electron chi connectivity index (χ2n) is 4.05. The first-order valence-corrected chi connectivity index (χ1v) is 5.33. The van der Waals surface area contributed by atoms with Gasteiger partial charge < -0.3 is 5.11 Å². The number of carboxylic acid groups (broad SMARTS) is 1. The number of aliphatic carboxylic acids is 1. The minimum absolute atomic E-state index is 0.575. The highest BCUT2D eigenvalue weighted by Crippen LogP contribution is 2.30. The number of carboxylic acids is 1. The summed E-state index contributed by atoms with van der Waals surface area (Å²) >= 11 is 0. The quantitative estimate of drug-likeness (QED) is 0.770. The Morgan fingerprint density at radius 1 is 1.53 bits per heavy atom. The van der Waals surface area contributed by atoms with Gasteiger partial charge in [0, 0.05) is 0 Å². The number of allylic oxidation sites excluding steroid dienone is 2. The topological polar surface area (TPSA) is 40.5 Å². The van der Waals surface area contributed by atoms with E-state index in [1.54, 1.807) is 4.90 Å². The smallest absolute Gasteiger partial charge is 0.328 e. The third-order valence-electron chi connectivity index (χ3n) is 3.10. The zero-order valence-corrected chi connectivity index (χ0v) is 9.66. The third-order valence-corrected chi connectivity index (χ3v) is 3.10. The molecular formula is C12H19NO2. The number of rotatable bonds is 4. The van der Waals surface area contributed by atoms with Gasteiger partial charge in [-0.25, -0.2) is 4.79 Å². The van der Waals surface area contributed by atoms with Crippen molar-refractivity contribution in [3.8, 4) is 0 Å². The fraction of sp³-hybridized carbons (Fsp3) is 0.583. The van der Waals surface area contributed by atoms with Crippen LogP contribution in [0.1, 0.15) is 26.2 Å². The lowest BCUT2D eigenvalue weighted by Gasteiger charge is -2.37. The second kappa shape index (κ2) is 4.62. The summed E-state index contributed by atoms with van der Waals surface area (Å²) in [6, 6.07) is 0. The van der Waals surface area contributed by atoms with E-state index in [9.17, 15) is 9.90 Å². The fourth-order valence-corrected chi connectivity index (χ4v) is 2.16. The van der Waals surface area contributed by atoms with Crippen LogP contribution in [0.4, 0.5) is 0 Å². The molecule has 0 aromatic heterocycles. The molecule has 0 aromatic rings. The fourth-order valence-electron chi connectivity index (χ4n) is 2.16. The molecular weight excluding hydrogens is 190 g/mol. The van der Waals surface area contributed by atoms with Crippen LogP contribution < -0.4 is 0 Å². The average Bonchev–Trinajstić information content (AvgIpc) is 2.20. The van der Waals surface area contributed by atoms with Crippen LogP contribution in [0.5, 0.6) is 0 Å². The van der Waals surface area contributed by atoms with Gasteiger partial charge >= 0.3 is 5.97 Å². The molecule has 0 aliphatic heterocycles. The molecule has 3 nitrogen and oxygen atoms in total. The van der Waals surface area contributed by atoms with E-state index in [4.69, 9.17) is 0 Å². The van der Waals surface area contributed by atoms with Crippen LogP contribution in [0.2, 0.25) is 0 Å². The first-order chi connectivity index (χ1) is 7.05. The van der Waals surface area contributed by atoms with Gasteiger partial charge in [0.05, 0.1) is 0 Å². The predicted octanol–water partition coefficient (Wildman–Crippen LogP) is 2.06. The van der Waals surface area contributed by atoms with Crippen molar-refractivity contribution < 1.29 is 9.90 Å². The minimum Gasteiger partial charge on any atom is -0.480 e. The molecule has 1 aliphatic rings. The summed E-state index contributed by atoms with van der Waals surface area (Å²) in [6.45, 7) is 1.91. The summed E-state index contributed by atoms with van der Waals surface area (Å²) in [6.07, 6.45) is 8.56. The van der Waals surface area contributed by atoms with Gasteiger partial charge in [0.1, 0.15) is 5.54 Å². The molecule has 84 valence electrons. The second-order valence-corrected chi connectivity index (χ2v) is 4.05. The van der Waals surface area contributed by atoms with E-state index in [-0.39, 0.29) is 0 Å². The van der Waals surface area contributed by atoms with Crippen molar-refractivity contribution >= 4 is 5.97 Å². The molecule has 0 spiro atoms. The Morgan fingerprint density at radius 3 is 2.53 bits per heavy atom. The van der Waals surface area contributed by atoms with Crippen molar-refractivity contribution in [3.63, 3.8) is 0 Å². The standard InChI is InChI=1S/C12H19NO2/c1-4-12(11(14)15,13(2)3)10-8-6-5-7-9-10/h6,8-9H,4-5,7H2,1-3H3,(H,14,15). The molecule has 1 N–H and O–H groups in total. The summed E-state index contributed by atoms with van der Waals surface area (Å²) in [5.74, 6) is -0.771. The summed E-state index contributed by atoms with van der Waals surface area (Å²) in [5, 5.41) is 9.43. The van der Waals surface area contributed by atoms with Gasteiger partial charge in [-0.1, -0.05) is 25.2 Å². The van der Waals surface area contributed by atoms with Crippen LogP contribution in [0.25, 0.3) is 0 Å². The number of nitrogens with zero attached hydrogens (tertiary/aromatic N) is 1. The molecule has 0 bridgehead atoms. The van der Waals surface area contributed by atoms with Crippen LogP contribution in [0.3, 0.4) is 0 Å². The molecule has 0 aromatic carbocycles. The number of hydrogen-bond donors (Lipinski definition) is 1. The highest BCUT2D eigenvalue weighted by molar-refractivity contribution is 5.84. The van der Waals surface area contributed by atoms with Gasteiger partial charge in [-0.15, -0.1) is 0 Å². The SMILES string of the molecule is CCC(C(=O)O)(C1=CCCC=C1)N(C)C. The zero-order chi connectivity index (χ0) is 11.5. The van der Waals surface area contributed by atoms with Crippen molar-refractivity contribution in [3.05, 3.63) is 23.8 Å². The van der Waals surface area contributed by atoms with Gasteiger partial charge in [-0.05, 0) is 38.9 Å². The maximum Gasteiger partial charge on any atom is 0.328 e. The highest BCUT2D eigenvalue weighted by Gasteiger charge is 2.41. The molecule has 1 atom stereocenters. The van der Waals surface area contributed by atoms with Crippen molar-refractivity contribution in [2.24, 2.45) is 0 Å². The summed E-state index contributed by atoms with van der Waals surface area (Å²) in [4.78, 5) is 13.3. The molecule has 0 amide bonds. The largest absolute Gasteiger partial charge is 0.480 e. The molecule has 0 radical (unpaired) electrons. The van der Waals surface area contributed by atoms with Crippen LogP contribution in [-0.4, -0.2) is 35.6 Å². The number of carbonyl (C=O) groups is 1. The lowest BCUT2D eigenvalue weighted by Crippen LogP contribution is -2.52. The first kappa shape index (κ1) is 12.0. The van der Waals surface area contributed by atoms with E-state index in [1.165, 1.54) is 0 Å². The molecule has 0 fully saturated rings. The molecule has 0 saturated carbocycles. The van der Waals surface area contributed by atoms with Crippen molar-refractivity contribution in [2.75, 3.05) is 14.1 Å². The summed E-state index contributed by atoms with van der Waals surface area (Å²) < 4.78 is 0. The lowest BCUT2D eigenvalue weighted by molar-refractivity contribution is -0.147. The molecule has 0 saturated heterocycles. The number of likely N-dealkylation sites (N-methyl/N-ethyl adjacent to an activating group) is 1. The van der Waals surface area contributed by atoms with Gasteiger partial charge in [0.15, 0.2) is 0 Å². The van der Waals surface area contributed by atoms with Gasteiger partial charge in [-0.2, -0.15) is 0 Å². The third kappa shape index (κ3) is 1.97. The van der Waals surface area contributed by atoms with Crippen LogP contribution >= 0.6 is 0 Å². The highest BCUT2D eigenvalue weighted by atomic mass is 16.4. The van der Waals surface area contributed by atoms with Gasteiger partial charge in [0.2, 0.25) is 0 Å². The molecule has 1 aliphatic carbocycles. The molecule has 15 heavy (non-hydrogen) atoms. The van der Waals surface area contributed by atoms with E-state index in [0.717, 1.165) is 18.4 Å². The minimum atomic E-state index is -0.864. The van der Waals surface area contributed by atoms with E-state index < -0.39 is 11.5 Å². The summed E-state index contributed by atoms with van der Waals surface area (Å²) in [7, 11) is 3.64. The lowest BCUT2D eigenvalue weighted by atomic mass is 9.83. The average molecular weight is 209 g/mol. The molecule has 0 heterocycles. The number of hydrogen-bond acceptors (Lipinski definition) is 2. The molecule has 1 rings (SSSR count). The first-order valence-electron chi connectivity index (χ1n) is 5.33. The Morgan fingerprint density at radius 2 is 2.20 bits per heavy atom. The Balaban J connectivity index is 3.14.